The van der Waals surface area contributed by atoms with Crippen molar-refractivity contribution in [1.29, 1.82) is 0 Å². The van der Waals surface area contributed by atoms with E-state index in [4.69, 9.17) is 10.8 Å². The minimum absolute atomic E-state index is 0.302. The van der Waals surface area contributed by atoms with Crippen LogP contribution in [-0.4, -0.2) is 19.7 Å². The third-order valence-corrected chi connectivity index (χ3v) is 5.43. The molecule has 0 fully saturated rings. The van der Waals surface area contributed by atoms with Crippen molar-refractivity contribution in [1.82, 2.24) is 19.7 Å². The van der Waals surface area contributed by atoms with Crippen molar-refractivity contribution in [3.05, 3.63) is 77.6 Å². The number of benzene rings is 2. The van der Waals surface area contributed by atoms with E-state index >= 15 is 0 Å². The summed E-state index contributed by atoms with van der Waals surface area (Å²) in [6.45, 7) is 2.93. The quantitative estimate of drug-likeness (QED) is 0.579. The molecule has 4 aromatic rings. The van der Waals surface area contributed by atoms with E-state index in [1.807, 2.05) is 10.7 Å². The van der Waals surface area contributed by atoms with Gasteiger partial charge in [0.1, 0.15) is 17.8 Å². The molecule has 0 saturated heterocycles. The van der Waals surface area contributed by atoms with Gasteiger partial charge in [0, 0.05) is 18.0 Å². The van der Waals surface area contributed by atoms with E-state index in [0.717, 1.165) is 35.3 Å². The second-order valence-corrected chi connectivity index (χ2v) is 7.32. The van der Waals surface area contributed by atoms with Gasteiger partial charge in [0.2, 0.25) is 0 Å². The van der Waals surface area contributed by atoms with Gasteiger partial charge in [-0.15, -0.1) is 0 Å². The molecule has 2 aromatic carbocycles. The maximum absolute atomic E-state index is 6.24. The third kappa shape index (κ3) is 2.76. The van der Waals surface area contributed by atoms with Crippen LogP contribution in [0, 0.1) is 0 Å². The van der Waals surface area contributed by atoms with Crippen LogP contribution in [0.3, 0.4) is 0 Å². The molecule has 28 heavy (non-hydrogen) atoms. The smallest absolute Gasteiger partial charge is 0.163 e. The van der Waals surface area contributed by atoms with Gasteiger partial charge >= 0.3 is 0 Å². The van der Waals surface area contributed by atoms with Crippen LogP contribution >= 0.6 is 0 Å². The van der Waals surface area contributed by atoms with E-state index in [9.17, 15) is 0 Å². The number of fused-ring (bicyclic) bond motifs is 2. The maximum Gasteiger partial charge on any atom is 0.163 e. The second-order valence-electron chi connectivity index (χ2n) is 7.32. The number of aromatic nitrogens is 4. The Hall–Kier alpha value is -3.47. The molecule has 0 radical (unpaired) electrons. The molecule has 1 aliphatic rings. The number of hydrogen-bond donors (Lipinski definition) is 1. The summed E-state index contributed by atoms with van der Waals surface area (Å²) in [6.07, 6.45) is 6.85. The topological polar surface area (TPSA) is 69.6 Å². The van der Waals surface area contributed by atoms with Crippen molar-refractivity contribution < 1.29 is 0 Å². The molecule has 2 heterocycles. The Morgan fingerprint density at radius 1 is 1.11 bits per heavy atom. The predicted octanol–water partition coefficient (Wildman–Crippen LogP) is 4.45. The second kappa shape index (κ2) is 6.60. The first kappa shape index (κ1) is 16.7. The molecule has 0 bridgehead atoms. The third-order valence-electron chi connectivity index (χ3n) is 5.43. The van der Waals surface area contributed by atoms with E-state index < -0.39 is 0 Å². The number of nitrogens with zero attached hydrogens (tertiary/aromatic N) is 4. The first-order valence-corrected chi connectivity index (χ1v) is 9.52. The van der Waals surface area contributed by atoms with Crippen molar-refractivity contribution in [3.63, 3.8) is 0 Å². The van der Waals surface area contributed by atoms with Gasteiger partial charge in [0.25, 0.3) is 0 Å². The molecule has 5 rings (SSSR count). The molecule has 0 aliphatic heterocycles. The summed E-state index contributed by atoms with van der Waals surface area (Å²) in [5.74, 6) is 0.769. The molecular weight excluding hydrogens is 346 g/mol. The summed E-state index contributed by atoms with van der Waals surface area (Å²) in [7, 11) is 0. The van der Waals surface area contributed by atoms with Crippen LogP contribution in [0.25, 0.3) is 28.4 Å². The van der Waals surface area contributed by atoms with Gasteiger partial charge < -0.3 is 5.73 Å². The summed E-state index contributed by atoms with van der Waals surface area (Å²) < 4.78 is 1.96. The molecule has 1 aliphatic carbocycles. The molecule has 1 unspecified atom stereocenters. The summed E-state index contributed by atoms with van der Waals surface area (Å²) in [6, 6.07) is 16.9. The average Bonchev–Trinajstić information content (AvgIpc) is 3.33. The highest BCUT2D eigenvalue weighted by Gasteiger charge is 2.19. The van der Waals surface area contributed by atoms with Crippen LogP contribution in [0.2, 0.25) is 0 Å². The van der Waals surface area contributed by atoms with Gasteiger partial charge in [0.15, 0.2) is 5.65 Å². The SMILES string of the molecule is CC(Cn1nc(-c2ccc3c(c2)C=CC3)c2c(N)ncnc21)c1ccccc1. The number of nitrogen functional groups attached to an aromatic ring is 1. The Morgan fingerprint density at radius 2 is 1.96 bits per heavy atom. The fraction of sp³-hybridized carbons (Fsp3) is 0.174. The Morgan fingerprint density at radius 3 is 2.82 bits per heavy atom. The largest absolute Gasteiger partial charge is 0.383 e. The number of rotatable bonds is 4. The summed E-state index contributed by atoms with van der Waals surface area (Å²) >= 11 is 0. The van der Waals surface area contributed by atoms with Crippen molar-refractivity contribution in [2.24, 2.45) is 0 Å². The monoisotopic (exact) mass is 367 g/mol. The van der Waals surface area contributed by atoms with E-state index in [1.54, 1.807) is 0 Å². The molecule has 5 nitrogen and oxygen atoms in total. The molecular formula is C23H21N5. The highest BCUT2D eigenvalue weighted by atomic mass is 15.3. The molecule has 138 valence electrons. The van der Waals surface area contributed by atoms with Gasteiger partial charge in [-0.25, -0.2) is 14.6 Å². The zero-order chi connectivity index (χ0) is 19.1. The van der Waals surface area contributed by atoms with E-state index in [0.29, 0.717) is 11.7 Å². The lowest BCUT2D eigenvalue weighted by molar-refractivity contribution is 0.556. The first-order chi connectivity index (χ1) is 13.7. The number of anilines is 1. The minimum Gasteiger partial charge on any atom is -0.383 e. The summed E-state index contributed by atoms with van der Waals surface area (Å²) in [4.78, 5) is 8.72. The fourth-order valence-corrected chi connectivity index (χ4v) is 3.90. The van der Waals surface area contributed by atoms with E-state index in [2.05, 4.69) is 71.5 Å². The van der Waals surface area contributed by atoms with Crippen LogP contribution in [0.4, 0.5) is 5.82 Å². The number of allylic oxidation sites excluding steroid dienone is 1. The Balaban J connectivity index is 1.62. The molecule has 2 aromatic heterocycles. The van der Waals surface area contributed by atoms with Gasteiger partial charge in [-0.05, 0) is 29.2 Å². The highest BCUT2D eigenvalue weighted by molar-refractivity contribution is 5.98. The average molecular weight is 367 g/mol. The van der Waals surface area contributed by atoms with Crippen LogP contribution in [0.1, 0.15) is 29.5 Å². The van der Waals surface area contributed by atoms with Crippen molar-refractivity contribution in [3.8, 4) is 11.3 Å². The van der Waals surface area contributed by atoms with E-state index in [1.165, 1.54) is 23.0 Å². The number of nitrogens with two attached hydrogens (primary N) is 1. The van der Waals surface area contributed by atoms with Crippen LogP contribution in [-0.2, 0) is 13.0 Å². The highest BCUT2D eigenvalue weighted by Crippen LogP contribution is 2.33. The summed E-state index contributed by atoms with van der Waals surface area (Å²) in [5, 5.41) is 5.75. The first-order valence-electron chi connectivity index (χ1n) is 9.52. The van der Waals surface area contributed by atoms with Crippen LogP contribution in [0.15, 0.2) is 60.9 Å². The van der Waals surface area contributed by atoms with Crippen molar-refractivity contribution >= 4 is 22.9 Å². The number of hydrogen-bond acceptors (Lipinski definition) is 4. The Bertz CT molecular complexity index is 1190. The lowest BCUT2D eigenvalue weighted by atomic mass is 10.0. The molecule has 5 heteroatoms. The minimum atomic E-state index is 0.302. The molecule has 1 atom stereocenters. The van der Waals surface area contributed by atoms with Gasteiger partial charge in [0.05, 0.1) is 5.39 Å². The van der Waals surface area contributed by atoms with Crippen LogP contribution < -0.4 is 5.73 Å². The van der Waals surface area contributed by atoms with Gasteiger partial charge in [-0.3, -0.25) is 0 Å². The molecule has 2 N–H and O–H groups in total. The van der Waals surface area contributed by atoms with Gasteiger partial charge in [-0.1, -0.05) is 61.5 Å². The van der Waals surface area contributed by atoms with Crippen molar-refractivity contribution in [2.75, 3.05) is 5.73 Å². The zero-order valence-electron chi connectivity index (χ0n) is 15.7. The normalized spacial score (nSPS) is 13.8. The molecule has 0 amide bonds. The standard InChI is InChI=1S/C23H21N5/c1-15(16-6-3-2-4-7-16)13-28-23-20(22(24)25-14-26-23)21(27-28)19-11-10-17-8-5-9-18(17)12-19/h2-7,9-12,14-15H,8,13H2,1H3,(H2,24,25,26). The predicted molar refractivity (Wildman–Crippen MR) is 113 cm³/mol. The summed E-state index contributed by atoms with van der Waals surface area (Å²) in [5.41, 5.74) is 12.8. The van der Waals surface area contributed by atoms with Crippen molar-refractivity contribution in [2.45, 2.75) is 25.8 Å². The van der Waals surface area contributed by atoms with Crippen LogP contribution in [0.5, 0.6) is 0 Å². The lowest BCUT2D eigenvalue weighted by Crippen LogP contribution is -2.08. The lowest BCUT2D eigenvalue weighted by Gasteiger charge is -2.12. The fourth-order valence-electron chi connectivity index (χ4n) is 3.90. The molecule has 0 spiro atoms. The Kier molecular flexibility index (Phi) is 3.93. The molecule has 0 saturated carbocycles. The Labute approximate surface area is 163 Å². The van der Waals surface area contributed by atoms with Gasteiger partial charge in [-0.2, -0.15) is 5.10 Å². The zero-order valence-corrected chi connectivity index (χ0v) is 15.7. The van der Waals surface area contributed by atoms with E-state index in [-0.39, 0.29) is 0 Å². The maximum atomic E-state index is 6.24.